The van der Waals surface area contributed by atoms with Gasteiger partial charge in [0, 0.05) is 23.5 Å². The lowest BCUT2D eigenvalue weighted by molar-refractivity contribution is 0.0593. The lowest BCUT2D eigenvalue weighted by atomic mass is 10.0. The fraction of sp³-hybridized carbons (Fsp3) is 0.143. The molecule has 28 heavy (non-hydrogen) atoms. The number of nitrogen functional groups attached to an aromatic ring is 1. The highest BCUT2D eigenvalue weighted by Gasteiger charge is 2.22. The second-order valence-corrected chi connectivity index (χ2v) is 5.89. The molecule has 7 nitrogen and oxygen atoms in total. The molecule has 2 N–H and O–H groups in total. The van der Waals surface area contributed by atoms with E-state index in [1.807, 2.05) is 42.5 Å². The highest BCUT2D eigenvalue weighted by Crippen LogP contribution is 2.35. The van der Waals surface area contributed by atoms with Gasteiger partial charge >= 0.3 is 5.97 Å². The molecule has 0 aliphatic rings. The number of anilines is 1. The molecule has 0 unspecified atom stereocenters. The quantitative estimate of drug-likeness (QED) is 0.684. The van der Waals surface area contributed by atoms with Crippen molar-refractivity contribution in [2.45, 2.75) is 0 Å². The highest BCUT2D eigenvalue weighted by molar-refractivity contribution is 5.96. The molecule has 1 heterocycles. The Hall–Kier alpha value is -3.92. The first kappa shape index (κ1) is 18.9. The van der Waals surface area contributed by atoms with E-state index in [9.17, 15) is 10.1 Å². The average molecular weight is 377 g/mol. The Morgan fingerprint density at radius 1 is 1.11 bits per heavy atom. The van der Waals surface area contributed by atoms with Crippen LogP contribution >= 0.6 is 0 Å². The van der Waals surface area contributed by atoms with Gasteiger partial charge in [0.2, 0.25) is 0 Å². The van der Waals surface area contributed by atoms with Gasteiger partial charge in [0.25, 0.3) is 0 Å². The van der Waals surface area contributed by atoms with Crippen LogP contribution in [0.2, 0.25) is 0 Å². The first-order valence-corrected chi connectivity index (χ1v) is 8.36. The maximum atomic E-state index is 12.2. The van der Waals surface area contributed by atoms with Crippen LogP contribution in [0.25, 0.3) is 16.8 Å². The molecule has 0 saturated carbocycles. The van der Waals surface area contributed by atoms with E-state index >= 15 is 0 Å². The smallest absolute Gasteiger partial charge is 0.357 e. The minimum Gasteiger partial charge on any atom is -0.497 e. The number of carbonyl (C=O) groups excluding carboxylic acids is 1. The number of benzene rings is 2. The van der Waals surface area contributed by atoms with Crippen molar-refractivity contribution >= 4 is 11.7 Å². The van der Waals surface area contributed by atoms with Crippen molar-refractivity contribution in [3.05, 3.63) is 59.9 Å². The third-order valence-electron chi connectivity index (χ3n) is 4.39. The number of carbonyl (C=O) groups is 1. The summed E-state index contributed by atoms with van der Waals surface area (Å²) in [4.78, 5) is 12.2. The summed E-state index contributed by atoms with van der Waals surface area (Å²) in [6, 6.07) is 15.0. The van der Waals surface area contributed by atoms with E-state index in [2.05, 4.69) is 0 Å². The van der Waals surface area contributed by atoms with Crippen LogP contribution in [0, 0.1) is 11.3 Å². The molecule has 1 aromatic heterocycles. The van der Waals surface area contributed by atoms with E-state index in [4.69, 9.17) is 19.9 Å². The number of ether oxygens (including phenoxy) is 3. The van der Waals surface area contributed by atoms with Crippen LogP contribution in [0.3, 0.4) is 0 Å². The van der Waals surface area contributed by atoms with Crippen molar-refractivity contribution in [2.24, 2.45) is 0 Å². The van der Waals surface area contributed by atoms with E-state index in [-0.39, 0.29) is 16.9 Å². The van der Waals surface area contributed by atoms with Crippen LogP contribution in [0.5, 0.6) is 11.5 Å². The monoisotopic (exact) mass is 377 g/mol. The van der Waals surface area contributed by atoms with Crippen LogP contribution in [-0.4, -0.2) is 31.9 Å². The minimum absolute atomic E-state index is 0.0850. The number of nitriles is 1. The number of nitrogens with zero attached hydrogens (tertiary/aromatic N) is 2. The van der Waals surface area contributed by atoms with Gasteiger partial charge in [-0.05, 0) is 29.8 Å². The van der Waals surface area contributed by atoms with Gasteiger partial charge < -0.3 is 24.5 Å². The van der Waals surface area contributed by atoms with Gasteiger partial charge in [0.05, 0.1) is 32.6 Å². The number of hydrogen-bond donors (Lipinski definition) is 1. The molecule has 0 bridgehead atoms. The Morgan fingerprint density at radius 3 is 2.54 bits per heavy atom. The fourth-order valence-electron chi connectivity index (χ4n) is 2.98. The lowest BCUT2D eigenvalue weighted by Crippen LogP contribution is -2.11. The summed E-state index contributed by atoms with van der Waals surface area (Å²) >= 11 is 0. The Balaban J connectivity index is 2.16. The molecule has 0 radical (unpaired) electrons. The summed E-state index contributed by atoms with van der Waals surface area (Å²) in [5, 5.41) is 9.28. The molecule has 2 aromatic carbocycles. The standard InChI is InChI=1S/C21H19N3O4/c1-26-16-7-8-17(18(10-16)27-2)13-5-4-6-15(9-13)24-12-14(11-22)19(23)20(24)21(25)28-3/h4-10,12H,23H2,1-3H3. The van der Waals surface area contributed by atoms with Crippen molar-refractivity contribution < 1.29 is 19.0 Å². The minimum atomic E-state index is -0.619. The number of rotatable bonds is 5. The zero-order valence-corrected chi connectivity index (χ0v) is 15.7. The van der Waals surface area contributed by atoms with Gasteiger partial charge in [0.15, 0.2) is 5.69 Å². The molecule has 0 fully saturated rings. The van der Waals surface area contributed by atoms with Gasteiger partial charge in [-0.15, -0.1) is 0 Å². The zero-order valence-electron chi connectivity index (χ0n) is 15.7. The third-order valence-corrected chi connectivity index (χ3v) is 4.39. The van der Waals surface area contributed by atoms with Crippen molar-refractivity contribution in [1.82, 2.24) is 4.57 Å². The van der Waals surface area contributed by atoms with Crippen molar-refractivity contribution in [2.75, 3.05) is 27.1 Å². The van der Waals surface area contributed by atoms with Crippen molar-refractivity contribution in [3.63, 3.8) is 0 Å². The first-order chi connectivity index (χ1) is 13.5. The predicted molar refractivity (Wildman–Crippen MR) is 105 cm³/mol. The summed E-state index contributed by atoms with van der Waals surface area (Å²) in [5.41, 5.74) is 8.74. The molecule has 3 rings (SSSR count). The van der Waals surface area contributed by atoms with Gasteiger partial charge in [-0.1, -0.05) is 12.1 Å². The van der Waals surface area contributed by atoms with Crippen LogP contribution in [-0.2, 0) is 4.74 Å². The molecule has 0 amide bonds. The fourth-order valence-corrected chi connectivity index (χ4v) is 2.98. The molecule has 0 aliphatic heterocycles. The van der Waals surface area contributed by atoms with Gasteiger partial charge in [-0.25, -0.2) is 4.79 Å². The molecule has 0 aliphatic carbocycles. The summed E-state index contributed by atoms with van der Waals surface area (Å²) in [6.07, 6.45) is 1.52. The van der Waals surface area contributed by atoms with Crippen LogP contribution < -0.4 is 15.2 Å². The van der Waals surface area contributed by atoms with E-state index in [0.717, 1.165) is 11.1 Å². The Labute approximate surface area is 162 Å². The Kier molecular flexibility index (Phi) is 5.23. The maximum Gasteiger partial charge on any atom is 0.357 e. The molecule has 3 aromatic rings. The molecular weight excluding hydrogens is 358 g/mol. The summed E-state index contributed by atoms with van der Waals surface area (Å²) in [5.74, 6) is 0.711. The van der Waals surface area contributed by atoms with Crippen LogP contribution in [0.1, 0.15) is 16.1 Å². The second kappa shape index (κ2) is 7.76. The third kappa shape index (κ3) is 3.23. The second-order valence-electron chi connectivity index (χ2n) is 5.89. The van der Waals surface area contributed by atoms with Gasteiger partial charge in [-0.3, -0.25) is 0 Å². The first-order valence-electron chi connectivity index (χ1n) is 8.36. The molecule has 7 heteroatoms. The lowest BCUT2D eigenvalue weighted by Gasteiger charge is -2.13. The molecule has 0 spiro atoms. The van der Waals surface area contributed by atoms with E-state index in [1.54, 1.807) is 24.9 Å². The number of aromatic nitrogens is 1. The largest absolute Gasteiger partial charge is 0.497 e. The van der Waals surface area contributed by atoms with Crippen molar-refractivity contribution in [1.29, 1.82) is 5.26 Å². The molecular formula is C21H19N3O4. The Morgan fingerprint density at radius 2 is 1.89 bits per heavy atom. The van der Waals surface area contributed by atoms with Crippen molar-refractivity contribution in [3.8, 4) is 34.4 Å². The molecule has 0 atom stereocenters. The van der Waals surface area contributed by atoms with Crippen LogP contribution in [0.4, 0.5) is 5.69 Å². The number of methoxy groups -OCH3 is 3. The average Bonchev–Trinajstić information content (AvgIpc) is 3.09. The van der Waals surface area contributed by atoms with E-state index in [1.165, 1.54) is 13.3 Å². The summed E-state index contributed by atoms with van der Waals surface area (Å²) in [7, 11) is 4.44. The summed E-state index contributed by atoms with van der Waals surface area (Å²) < 4.78 is 17.1. The van der Waals surface area contributed by atoms with Gasteiger partial charge in [-0.2, -0.15) is 5.26 Å². The van der Waals surface area contributed by atoms with Crippen LogP contribution in [0.15, 0.2) is 48.7 Å². The molecule has 0 saturated heterocycles. The molecule has 142 valence electrons. The number of nitrogens with two attached hydrogens (primary N) is 1. The highest BCUT2D eigenvalue weighted by atomic mass is 16.5. The topological polar surface area (TPSA) is 99.5 Å². The zero-order chi connectivity index (χ0) is 20.3. The number of esters is 1. The SMILES string of the molecule is COC(=O)c1c(N)c(C#N)cn1-c1cccc(-c2ccc(OC)cc2OC)c1. The normalized spacial score (nSPS) is 10.2. The van der Waals surface area contributed by atoms with E-state index < -0.39 is 5.97 Å². The van der Waals surface area contributed by atoms with Gasteiger partial charge in [0.1, 0.15) is 17.6 Å². The van der Waals surface area contributed by atoms with E-state index in [0.29, 0.717) is 17.2 Å². The predicted octanol–water partition coefficient (Wildman–Crippen LogP) is 3.40. The maximum absolute atomic E-state index is 12.2. The summed E-state index contributed by atoms with van der Waals surface area (Å²) in [6.45, 7) is 0. The Bertz CT molecular complexity index is 1080. The number of hydrogen-bond acceptors (Lipinski definition) is 6.